The highest BCUT2D eigenvalue weighted by atomic mass is 16.2. The first-order chi connectivity index (χ1) is 13.6. The molecule has 0 bridgehead atoms. The number of anilines is 1. The molecule has 0 radical (unpaired) electrons. The molecule has 4 heteroatoms. The summed E-state index contributed by atoms with van der Waals surface area (Å²) < 4.78 is 0. The van der Waals surface area contributed by atoms with Gasteiger partial charge in [0.1, 0.15) is 0 Å². The van der Waals surface area contributed by atoms with Crippen molar-refractivity contribution in [2.24, 2.45) is 0 Å². The van der Waals surface area contributed by atoms with Gasteiger partial charge in [0.05, 0.1) is 6.04 Å². The van der Waals surface area contributed by atoms with Crippen molar-refractivity contribution >= 4 is 17.5 Å². The Morgan fingerprint density at radius 2 is 1.46 bits per heavy atom. The Hall–Kier alpha value is -3.66. The van der Waals surface area contributed by atoms with Gasteiger partial charge in [-0.25, -0.2) is 0 Å². The van der Waals surface area contributed by atoms with Gasteiger partial charge in [-0.15, -0.1) is 0 Å². The van der Waals surface area contributed by atoms with E-state index in [-0.39, 0.29) is 17.9 Å². The van der Waals surface area contributed by atoms with Gasteiger partial charge in [0.2, 0.25) is 5.91 Å². The zero-order valence-electron chi connectivity index (χ0n) is 15.7. The summed E-state index contributed by atoms with van der Waals surface area (Å²) in [6.45, 7) is 5.36. The van der Waals surface area contributed by atoms with E-state index < -0.39 is 0 Å². The van der Waals surface area contributed by atoms with E-state index in [2.05, 4.69) is 41.5 Å². The number of carbonyl (C=O) groups excluding carboxylic acids is 2. The van der Waals surface area contributed by atoms with Gasteiger partial charge in [-0.05, 0) is 54.0 Å². The third-order valence-electron chi connectivity index (χ3n) is 4.47. The molecule has 2 N–H and O–H groups in total. The zero-order chi connectivity index (χ0) is 19.9. The molecule has 3 aromatic rings. The summed E-state index contributed by atoms with van der Waals surface area (Å²) in [5, 5.41) is 5.66. The third-order valence-corrected chi connectivity index (χ3v) is 4.47. The van der Waals surface area contributed by atoms with Crippen LogP contribution in [0.4, 0.5) is 5.69 Å². The Labute approximate surface area is 164 Å². The van der Waals surface area contributed by atoms with Crippen LogP contribution in [0.5, 0.6) is 0 Å². The first-order valence-corrected chi connectivity index (χ1v) is 9.06. The van der Waals surface area contributed by atoms with Gasteiger partial charge in [0.25, 0.3) is 5.91 Å². The van der Waals surface area contributed by atoms with Crippen LogP contribution in [0.1, 0.15) is 28.9 Å². The molecular weight excluding hydrogens is 348 g/mol. The van der Waals surface area contributed by atoms with Crippen LogP contribution in [0.3, 0.4) is 0 Å². The van der Waals surface area contributed by atoms with Crippen molar-refractivity contribution in [1.82, 2.24) is 5.32 Å². The number of benzene rings is 3. The van der Waals surface area contributed by atoms with Crippen molar-refractivity contribution < 1.29 is 9.59 Å². The molecule has 140 valence electrons. The maximum absolute atomic E-state index is 12.5. The van der Waals surface area contributed by atoms with Crippen LogP contribution in [0, 0.1) is 0 Å². The molecule has 0 spiro atoms. The smallest absolute Gasteiger partial charge is 0.251 e. The van der Waals surface area contributed by atoms with Crippen LogP contribution >= 0.6 is 0 Å². The highest BCUT2D eigenvalue weighted by molar-refractivity contribution is 5.99. The summed E-state index contributed by atoms with van der Waals surface area (Å²) in [5.41, 5.74) is 4.48. The summed E-state index contributed by atoms with van der Waals surface area (Å²) in [7, 11) is 0. The average Bonchev–Trinajstić information content (AvgIpc) is 2.74. The summed E-state index contributed by atoms with van der Waals surface area (Å²) in [6.07, 6.45) is 1.20. The second-order valence-corrected chi connectivity index (χ2v) is 6.45. The van der Waals surface area contributed by atoms with Gasteiger partial charge < -0.3 is 10.6 Å². The summed E-state index contributed by atoms with van der Waals surface area (Å²) in [6, 6.07) is 25.0. The summed E-state index contributed by atoms with van der Waals surface area (Å²) in [5.74, 6) is -0.453. The van der Waals surface area contributed by atoms with E-state index in [4.69, 9.17) is 0 Å². The molecule has 0 heterocycles. The Morgan fingerprint density at radius 3 is 2.07 bits per heavy atom. The number of hydrogen-bond acceptors (Lipinski definition) is 2. The minimum Gasteiger partial charge on any atom is -0.346 e. The van der Waals surface area contributed by atoms with E-state index in [9.17, 15) is 9.59 Å². The molecular formula is C24H22N2O2. The van der Waals surface area contributed by atoms with Crippen molar-refractivity contribution in [3.8, 4) is 11.1 Å². The van der Waals surface area contributed by atoms with Gasteiger partial charge in [-0.1, -0.05) is 61.2 Å². The SMILES string of the molecule is C=CC(=O)Nc1ccc(C(=O)N[C@H](C)c2ccc(-c3ccccc3)cc2)cc1. The van der Waals surface area contributed by atoms with Gasteiger partial charge in [0, 0.05) is 11.3 Å². The van der Waals surface area contributed by atoms with Crippen molar-refractivity contribution in [1.29, 1.82) is 0 Å². The maximum atomic E-state index is 12.5. The standard InChI is InChI=1S/C24H22N2O2/c1-3-23(27)26-22-15-13-21(14-16-22)24(28)25-17(2)18-9-11-20(12-10-18)19-7-5-4-6-8-19/h3-17H,1H2,2H3,(H,25,28)(H,26,27)/t17-/m1/s1. The largest absolute Gasteiger partial charge is 0.346 e. The van der Waals surface area contributed by atoms with E-state index in [1.165, 1.54) is 6.08 Å². The molecule has 4 nitrogen and oxygen atoms in total. The minimum absolute atomic E-state index is 0.127. The predicted octanol–water partition coefficient (Wildman–Crippen LogP) is 4.97. The van der Waals surface area contributed by atoms with Crippen LogP contribution in [0.25, 0.3) is 11.1 Å². The predicted molar refractivity (Wildman–Crippen MR) is 113 cm³/mol. The quantitative estimate of drug-likeness (QED) is 0.602. The molecule has 0 fully saturated rings. The molecule has 28 heavy (non-hydrogen) atoms. The van der Waals surface area contributed by atoms with Crippen LogP contribution in [0.15, 0.2) is 91.5 Å². The first-order valence-electron chi connectivity index (χ1n) is 9.06. The lowest BCUT2D eigenvalue weighted by molar-refractivity contribution is -0.111. The van der Waals surface area contributed by atoms with E-state index >= 15 is 0 Å². The first kappa shape index (κ1) is 19.1. The molecule has 0 saturated heterocycles. The van der Waals surface area contributed by atoms with Crippen LogP contribution < -0.4 is 10.6 Å². The molecule has 0 aliphatic rings. The molecule has 0 aliphatic heterocycles. The fourth-order valence-electron chi connectivity index (χ4n) is 2.86. The fraction of sp³-hybridized carbons (Fsp3) is 0.0833. The van der Waals surface area contributed by atoms with E-state index in [0.717, 1.165) is 16.7 Å². The van der Waals surface area contributed by atoms with Crippen LogP contribution in [-0.2, 0) is 4.79 Å². The van der Waals surface area contributed by atoms with Crippen molar-refractivity contribution in [3.63, 3.8) is 0 Å². The van der Waals surface area contributed by atoms with Crippen molar-refractivity contribution in [3.05, 3.63) is 103 Å². The molecule has 0 aromatic heterocycles. The fourth-order valence-corrected chi connectivity index (χ4v) is 2.86. The third kappa shape index (κ3) is 4.74. The number of hydrogen-bond donors (Lipinski definition) is 2. The Kier molecular flexibility index (Phi) is 6.02. The Morgan fingerprint density at radius 1 is 0.857 bits per heavy atom. The van der Waals surface area contributed by atoms with Crippen LogP contribution in [0.2, 0.25) is 0 Å². The van der Waals surface area contributed by atoms with Gasteiger partial charge in [-0.2, -0.15) is 0 Å². The number of carbonyl (C=O) groups is 2. The van der Waals surface area contributed by atoms with E-state index in [1.54, 1.807) is 24.3 Å². The van der Waals surface area contributed by atoms with Gasteiger partial charge >= 0.3 is 0 Å². The maximum Gasteiger partial charge on any atom is 0.251 e. The van der Waals surface area contributed by atoms with Crippen LogP contribution in [-0.4, -0.2) is 11.8 Å². The lowest BCUT2D eigenvalue weighted by Gasteiger charge is -2.15. The summed E-state index contributed by atoms with van der Waals surface area (Å²) in [4.78, 5) is 23.8. The molecule has 1 atom stereocenters. The van der Waals surface area contributed by atoms with Gasteiger partial charge in [-0.3, -0.25) is 9.59 Å². The number of amides is 2. The van der Waals surface area contributed by atoms with E-state index in [0.29, 0.717) is 11.3 Å². The lowest BCUT2D eigenvalue weighted by Crippen LogP contribution is -2.26. The number of rotatable bonds is 6. The topological polar surface area (TPSA) is 58.2 Å². The molecule has 0 unspecified atom stereocenters. The molecule has 0 aliphatic carbocycles. The highest BCUT2D eigenvalue weighted by Gasteiger charge is 2.12. The van der Waals surface area contributed by atoms with Gasteiger partial charge in [0.15, 0.2) is 0 Å². The lowest BCUT2D eigenvalue weighted by atomic mass is 10.0. The highest BCUT2D eigenvalue weighted by Crippen LogP contribution is 2.22. The molecule has 3 aromatic carbocycles. The van der Waals surface area contributed by atoms with E-state index in [1.807, 2.05) is 37.3 Å². The monoisotopic (exact) mass is 370 g/mol. The number of nitrogens with one attached hydrogen (secondary N) is 2. The Balaban J connectivity index is 1.63. The molecule has 0 saturated carbocycles. The second-order valence-electron chi connectivity index (χ2n) is 6.45. The Bertz CT molecular complexity index is 962. The second kappa shape index (κ2) is 8.82. The molecule has 3 rings (SSSR count). The molecule has 2 amide bonds. The zero-order valence-corrected chi connectivity index (χ0v) is 15.7. The normalized spacial score (nSPS) is 11.3. The van der Waals surface area contributed by atoms with Crippen molar-refractivity contribution in [2.75, 3.05) is 5.32 Å². The van der Waals surface area contributed by atoms with Crippen molar-refractivity contribution in [2.45, 2.75) is 13.0 Å². The average molecular weight is 370 g/mol. The summed E-state index contributed by atoms with van der Waals surface area (Å²) >= 11 is 0. The minimum atomic E-state index is -0.287.